The molecule has 0 bridgehead atoms. The van der Waals surface area contributed by atoms with Gasteiger partial charge in [-0.3, -0.25) is 9.59 Å². The molecule has 5 heteroatoms. The molecule has 0 aliphatic heterocycles. The first-order valence-electron chi connectivity index (χ1n) is 9.15. The zero-order valence-electron chi connectivity index (χ0n) is 15.4. The van der Waals surface area contributed by atoms with Gasteiger partial charge in [-0.1, -0.05) is 75.1 Å². The number of rotatable bonds is 10. The van der Waals surface area contributed by atoms with Gasteiger partial charge in [-0.05, 0) is 18.1 Å². The summed E-state index contributed by atoms with van der Waals surface area (Å²) in [6, 6.07) is 12.5. The van der Waals surface area contributed by atoms with Crippen molar-refractivity contribution in [2.45, 2.75) is 44.9 Å². The number of hydrogen-bond acceptors (Lipinski definition) is 3. The van der Waals surface area contributed by atoms with Crippen LogP contribution in [0.3, 0.4) is 0 Å². The van der Waals surface area contributed by atoms with Crippen LogP contribution in [0.15, 0.2) is 48.5 Å². The summed E-state index contributed by atoms with van der Waals surface area (Å²) in [5.74, 6) is -3.03. The molecule has 142 valence electrons. The standard InChI is InChI=1S/C22H24O5/c1-2-3-4-5-8-17(21(24)25)15-11-13-16(14-12-15)20(23)18-9-6-7-10-19(18)22(26)27/h6-7,9-14,17H,2-5,8H2,1H3,(H,24,25)(H,26,27). The third-order valence-corrected chi connectivity index (χ3v) is 4.62. The van der Waals surface area contributed by atoms with Gasteiger partial charge in [0, 0.05) is 11.1 Å². The second-order valence-electron chi connectivity index (χ2n) is 6.54. The van der Waals surface area contributed by atoms with Crippen LogP contribution in [-0.4, -0.2) is 27.9 Å². The minimum absolute atomic E-state index is 0.0501. The minimum atomic E-state index is -1.16. The molecule has 27 heavy (non-hydrogen) atoms. The van der Waals surface area contributed by atoms with Crippen molar-refractivity contribution in [1.82, 2.24) is 0 Å². The van der Waals surface area contributed by atoms with Crippen molar-refractivity contribution in [2.24, 2.45) is 0 Å². The van der Waals surface area contributed by atoms with Crippen LogP contribution in [0.1, 0.15) is 76.8 Å². The Morgan fingerprint density at radius 1 is 0.852 bits per heavy atom. The molecule has 0 radical (unpaired) electrons. The number of hydrogen-bond donors (Lipinski definition) is 2. The first-order valence-corrected chi connectivity index (χ1v) is 9.15. The van der Waals surface area contributed by atoms with Crippen molar-refractivity contribution in [3.63, 3.8) is 0 Å². The molecule has 2 aromatic rings. The molecule has 0 spiro atoms. The Labute approximate surface area is 158 Å². The normalized spacial score (nSPS) is 11.7. The highest BCUT2D eigenvalue weighted by molar-refractivity contribution is 6.14. The number of carboxylic acids is 2. The van der Waals surface area contributed by atoms with E-state index in [0.717, 1.165) is 25.7 Å². The average Bonchev–Trinajstić information content (AvgIpc) is 2.67. The van der Waals surface area contributed by atoms with E-state index < -0.39 is 23.6 Å². The number of carboxylic acid groups (broad SMARTS) is 2. The van der Waals surface area contributed by atoms with E-state index in [9.17, 15) is 24.6 Å². The van der Waals surface area contributed by atoms with E-state index in [0.29, 0.717) is 17.5 Å². The quantitative estimate of drug-likeness (QED) is 0.466. The number of carbonyl (C=O) groups excluding carboxylic acids is 1. The lowest BCUT2D eigenvalue weighted by molar-refractivity contribution is -0.139. The highest BCUT2D eigenvalue weighted by atomic mass is 16.4. The summed E-state index contributed by atoms with van der Waals surface area (Å²) in [7, 11) is 0. The minimum Gasteiger partial charge on any atom is -0.481 e. The van der Waals surface area contributed by atoms with E-state index in [-0.39, 0.29) is 11.1 Å². The molecule has 2 aromatic carbocycles. The number of aliphatic carboxylic acids is 1. The molecular formula is C22H24O5. The Morgan fingerprint density at radius 2 is 1.48 bits per heavy atom. The Kier molecular flexibility index (Phi) is 7.29. The van der Waals surface area contributed by atoms with Gasteiger partial charge in [0.1, 0.15) is 0 Å². The van der Waals surface area contributed by atoms with Crippen LogP contribution < -0.4 is 0 Å². The zero-order valence-corrected chi connectivity index (χ0v) is 15.4. The first kappa shape index (κ1) is 20.4. The Bertz CT molecular complexity index is 808. The van der Waals surface area contributed by atoms with Crippen LogP contribution in [0.2, 0.25) is 0 Å². The second kappa shape index (κ2) is 9.67. The average molecular weight is 368 g/mol. The van der Waals surface area contributed by atoms with Gasteiger partial charge >= 0.3 is 11.9 Å². The van der Waals surface area contributed by atoms with E-state index in [2.05, 4.69) is 6.92 Å². The smallest absolute Gasteiger partial charge is 0.336 e. The van der Waals surface area contributed by atoms with Crippen molar-refractivity contribution in [1.29, 1.82) is 0 Å². The lowest BCUT2D eigenvalue weighted by atomic mass is 9.91. The molecule has 0 aliphatic rings. The predicted octanol–water partition coefficient (Wildman–Crippen LogP) is 4.75. The predicted molar refractivity (Wildman–Crippen MR) is 102 cm³/mol. The highest BCUT2D eigenvalue weighted by Gasteiger charge is 2.21. The van der Waals surface area contributed by atoms with Crippen molar-refractivity contribution < 1.29 is 24.6 Å². The Morgan fingerprint density at radius 3 is 2.04 bits per heavy atom. The van der Waals surface area contributed by atoms with Crippen molar-refractivity contribution in [2.75, 3.05) is 0 Å². The molecule has 0 saturated heterocycles. The molecule has 1 unspecified atom stereocenters. The van der Waals surface area contributed by atoms with Gasteiger partial charge in [0.15, 0.2) is 5.78 Å². The van der Waals surface area contributed by atoms with E-state index >= 15 is 0 Å². The number of benzene rings is 2. The molecule has 5 nitrogen and oxygen atoms in total. The summed E-state index contributed by atoms with van der Waals surface area (Å²) >= 11 is 0. The van der Waals surface area contributed by atoms with Crippen LogP contribution in [0.25, 0.3) is 0 Å². The summed E-state index contributed by atoms with van der Waals surface area (Å²) in [4.78, 5) is 35.5. The van der Waals surface area contributed by atoms with Gasteiger partial charge < -0.3 is 10.2 Å². The van der Waals surface area contributed by atoms with Gasteiger partial charge in [-0.2, -0.15) is 0 Å². The summed E-state index contributed by atoms with van der Waals surface area (Å²) < 4.78 is 0. The van der Waals surface area contributed by atoms with Crippen LogP contribution in [-0.2, 0) is 4.79 Å². The molecular weight excluding hydrogens is 344 g/mol. The topological polar surface area (TPSA) is 91.7 Å². The monoisotopic (exact) mass is 368 g/mol. The van der Waals surface area contributed by atoms with Crippen LogP contribution in [0.5, 0.6) is 0 Å². The number of aromatic carboxylic acids is 1. The van der Waals surface area contributed by atoms with Gasteiger partial charge in [0.05, 0.1) is 11.5 Å². The van der Waals surface area contributed by atoms with Crippen molar-refractivity contribution >= 4 is 17.7 Å². The third-order valence-electron chi connectivity index (χ3n) is 4.62. The molecule has 0 amide bonds. The van der Waals surface area contributed by atoms with Gasteiger partial charge in [-0.15, -0.1) is 0 Å². The molecule has 0 saturated carbocycles. The lowest BCUT2D eigenvalue weighted by Gasteiger charge is -2.13. The molecule has 0 heterocycles. The summed E-state index contributed by atoms with van der Waals surface area (Å²) in [5, 5.41) is 18.7. The third kappa shape index (κ3) is 5.26. The van der Waals surface area contributed by atoms with Crippen LogP contribution in [0.4, 0.5) is 0 Å². The van der Waals surface area contributed by atoms with E-state index in [4.69, 9.17) is 0 Å². The molecule has 1 atom stereocenters. The number of ketones is 1. The Balaban J connectivity index is 2.19. The molecule has 0 fully saturated rings. The fourth-order valence-electron chi connectivity index (χ4n) is 3.10. The van der Waals surface area contributed by atoms with Crippen LogP contribution in [0, 0.1) is 0 Å². The van der Waals surface area contributed by atoms with Crippen molar-refractivity contribution in [3.8, 4) is 0 Å². The fraction of sp³-hybridized carbons (Fsp3) is 0.318. The maximum atomic E-state index is 12.7. The summed E-state index contributed by atoms with van der Waals surface area (Å²) in [5.41, 5.74) is 1.06. The van der Waals surface area contributed by atoms with Gasteiger partial charge in [-0.25, -0.2) is 4.79 Å². The molecule has 2 N–H and O–H groups in total. The number of carbonyl (C=O) groups is 3. The fourth-order valence-corrected chi connectivity index (χ4v) is 3.10. The maximum absolute atomic E-state index is 12.7. The highest BCUT2D eigenvalue weighted by Crippen LogP contribution is 2.24. The molecule has 2 rings (SSSR count). The molecule has 0 aromatic heterocycles. The van der Waals surface area contributed by atoms with Gasteiger partial charge in [0.2, 0.25) is 0 Å². The summed E-state index contributed by atoms with van der Waals surface area (Å²) in [6.07, 6.45) is 4.58. The Hall–Kier alpha value is -2.95. The maximum Gasteiger partial charge on any atom is 0.336 e. The molecule has 0 aliphatic carbocycles. The van der Waals surface area contributed by atoms with E-state index in [1.807, 2.05) is 0 Å². The van der Waals surface area contributed by atoms with Crippen LogP contribution >= 0.6 is 0 Å². The summed E-state index contributed by atoms with van der Waals surface area (Å²) in [6.45, 7) is 2.10. The second-order valence-corrected chi connectivity index (χ2v) is 6.54. The number of unbranched alkanes of at least 4 members (excludes halogenated alkanes) is 3. The largest absolute Gasteiger partial charge is 0.481 e. The van der Waals surface area contributed by atoms with Gasteiger partial charge in [0.25, 0.3) is 0 Å². The van der Waals surface area contributed by atoms with E-state index in [1.165, 1.54) is 12.1 Å². The SMILES string of the molecule is CCCCCCC(C(=O)O)c1ccc(C(=O)c2ccccc2C(=O)O)cc1. The first-order chi connectivity index (χ1) is 13.0. The lowest BCUT2D eigenvalue weighted by Crippen LogP contribution is -2.13. The van der Waals surface area contributed by atoms with E-state index in [1.54, 1.807) is 36.4 Å². The van der Waals surface area contributed by atoms with Crippen molar-refractivity contribution in [3.05, 3.63) is 70.8 Å². The zero-order chi connectivity index (χ0) is 19.8.